The van der Waals surface area contributed by atoms with Crippen LogP contribution in [0.15, 0.2) is 23.1 Å². The fraction of sp³-hybridized carbons (Fsp3) is 0.500. The van der Waals surface area contributed by atoms with Crippen molar-refractivity contribution in [3.63, 3.8) is 0 Å². The van der Waals surface area contributed by atoms with Crippen molar-refractivity contribution in [2.75, 3.05) is 5.75 Å². The molecule has 1 aromatic carbocycles. The number of ketones is 1. The number of Topliss-reactive ketones (excluding diaryl/α,β-unsaturated/α-hetero) is 1. The Balaban J connectivity index is 1.86. The molecule has 2 aliphatic heterocycles. The minimum atomic E-state index is 0.220. The second-order valence-corrected chi connectivity index (χ2v) is 6.17. The molecule has 1 aromatic rings. The van der Waals surface area contributed by atoms with Crippen molar-refractivity contribution in [1.29, 1.82) is 0 Å². The van der Waals surface area contributed by atoms with E-state index in [9.17, 15) is 4.79 Å². The summed E-state index contributed by atoms with van der Waals surface area (Å²) in [6.45, 7) is 2.09. The van der Waals surface area contributed by atoms with E-state index in [4.69, 9.17) is 0 Å². The van der Waals surface area contributed by atoms with Gasteiger partial charge in [-0.05, 0) is 30.5 Å². The average Bonchev–Trinajstić information content (AvgIpc) is 2.74. The lowest BCUT2D eigenvalue weighted by atomic mass is 9.92. The van der Waals surface area contributed by atoms with Crippen LogP contribution in [-0.4, -0.2) is 17.6 Å². The number of carbonyl (C=O) groups is 1. The second kappa shape index (κ2) is 4.46. The molecular weight excluding hydrogens is 230 g/mol. The van der Waals surface area contributed by atoms with Crippen LogP contribution in [0, 0.1) is 0 Å². The highest BCUT2D eigenvalue weighted by Gasteiger charge is 2.25. The number of thioether (sulfide) groups is 1. The van der Waals surface area contributed by atoms with Gasteiger partial charge in [-0.1, -0.05) is 12.1 Å². The summed E-state index contributed by atoms with van der Waals surface area (Å²) in [5, 5.41) is 3.52. The number of hydrogen-bond donors (Lipinski definition) is 1. The molecule has 0 bridgehead atoms. The molecule has 0 radical (unpaired) electrons. The lowest BCUT2D eigenvalue weighted by Crippen LogP contribution is -2.38. The van der Waals surface area contributed by atoms with Gasteiger partial charge in [-0.25, -0.2) is 0 Å². The normalized spacial score (nSPS) is 28.2. The van der Waals surface area contributed by atoms with E-state index < -0.39 is 0 Å². The van der Waals surface area contributed by atoms with E-state index in [1.54, 1.807) is 0 Å². The highest BCUT2D eigenvalue weighted by Crippen LogP contribution is 2.34. The van der Waals surface area contributed by atoms with Gasteiger partial charge in [-0.15, -0.1) is 11.8 Å². The number of piperidine rings is 1. The Hall–Kier alpha value is -0.800. The minimum absolute atomic E-state index is 0.220. The third kappa shape index (κ3) is 2.26. The lowest BCUT2D eigenvalue weighted by molar-refractivity contribution is -0.121. The van der Waals surface area contributed by atoms with Gasteiger partial charge in [-0.3, -0.25) is 4.79 Å². The standard InChI is InChI=1S/C14H17NOS/c1-9-6-12(16)8-13(15-9)11-3-2-10-4-5-17-14(10)7-11/h2-3,7,9,13,15H,4-6,8H2,1H3. The number of rotatable bonds is 1. The SMILES string of the molecule is CC1CC(=O)CC(c2ccc3c(c2)SCC3)N1. The van der Waals surface area contributed by atoms with Gasteiger partial charge in [0.1, 0.15) is 5.78 Å². The Kier molecular flexibility index (Phi) is 2.97. The first kappa shape index (κ1) is 11.3. The number of fused-ring (bicyclic) bond motifs is 1. The zero-order valence-corrected chi connectivity index (χ0v) is 10.8. The quantitative estimate of drug-likeness (QED) is 0.827. The molecule has 2 unspecified atom stereocenters. The molecule has 0 saturated carbocycles. The van der Waals surface area contributed by atoms with Crippen molar-refractivity contribution >= 4 is 17.5 Å². The number of hydrogen-bond acceptors (Lipinski definition) is 3. The predicted molar refractivity (Wildman–Crippen MR) is 70.4 cm³/mol. The van der Waals surface area contributed by atoms with Gasteiger partial charge < -0.3 is 5.32 Å². The maximum Gasteiger partial charge on any atom is 0.136 e. The van der Waals surface area contributed by atoms with Crippen LogP contribution in [0.1, 0.15) is 36.9 Å². The van der Waals surface area contributed by atoms with Crippen molar-refractivity contribution in [1.82, 2.24) is 5.32 Å². The van der Waals surface area contributed by atoms with Crippen LogP contribution in [0.3, 0.4) is 0 Å². The van der Waals surface area contributed by atoms with Crippen molar-refractivity contribution in [3.05, 3.63) is 29.3 Å². The molecule has 17 heavy (non-hydrogen) atoms. The highest BCUT2D eigenvalue weighted by molar-refractivity contribution is 7.99. The first-order chi connectivity index (χ1) is 8.22. The fourth-order valence-corrected chi connectivity index (χ4v) is 3.84. The topological polar surface area (TPSA) is 29.1 Å². The number of carbonyl (C=O) groups excluding carboxylic acids is 1. The number of benzene rings is 1. The van der Waals surface area contributed by atoms with Gasteiger partial charge in [0.25, 0.3) is 0 Å². The largest absolute Gasteiger partial charge is 0.307 e. The Morgan fingerprint density at radius 1 is 1.35 bits per heavy atom. The molecule has 1 fully saturated rings. The highest BCUT2D eigenvalue weighted by atomic mass is 32.2. The fourth-order valence-electron chi connectivity index (χ4n) is 2.73. The maximum absolute atomic E-state index is 11.6. The van der Waals surface area contributed by atoms with Crippen LogP contribution < -0.4 is 5.32 Å². The molecule has 1 N–H and O–H groups in total. The molecule has 2 aliphatic rings. The van der Waals surface area contributed by atoms with Crippen LogP contribution in [-0.2, 0) is 11.2 Å². The third-order valence-corrected chi connectivity index (χ3v) is 4.67. The van der Waals surface area contributed by atoms with Gasteiger partial charge in [-0.2, -0.15) is 0 Å². The first-order valence-corrected chi connectivity index (χ1v) is 7.24. The van der Waals surface area contributed by atoms with Crippen molar-refractivity contribution < 1.29 is 4.79 Å². The third-order valence-electron chi connectivity index (χ3n) is 3.57. The van der Waals surface area contributed by atoms with E-state index in [1.807, 2.05) is 11.8 Å². The molecule has 1 saturated heterocycles. The monoisotopic (exact) mass is 247 g/mol. The summed E-state index contributed by atoms with van der Waals surface area (Å²) < 4.78 is 0. The van der Waals surface area contributed by atoms with E-state index in [0.717, 1.165) is 0 Å². The van der Waals surface area contributed by atoms with Gasteiger partial charge in [0.2, 0.25) is 0 Å². The zero-order valence-electron chi connectivity index (χ0n) is 10.0. The van der Waals surface area contributed by atoms with Crippen LogP contribution >= 0.6 is 11.8 Å². The molecule has 90 valence electrons. The minimum Gasteiger partial charge on any atom is -0.307 e. The summed E-state index contributed by atoms with van der Waals surface area (Å²) in [7, 11) is 0. The van der Waals surface area contributed by atoms with Crippen molar-refractivity contribution in [3.8, 4) is 0 Å². The van der Waals surface area contributed by atoms with E-state index in [-0.39, 0.29) is 6.04 Å². The second-order valence-electron chi connectivity index (χ2n) is 5.03. The Labute approximate surface area is 106 Å². The van der Waals surface area contributed by atoms with Crippen LogP contribution in [0.25, 0.3) is 0 Å². The Bertz CT molecular complexity index is 458. The molecule has 2 heterocycles. The summed E-state index contributed by atoms with van der Waals surface area (Å²) in [5.74, 6) is 1.58. The Morgan fingerprint density at radius 2 is 2.24 bits per heavy atom. The zero-order chi connectivity index (χ0) is 11.8. The molecule has 3 rings (SSSR count). The lowest BCUT2D eigenvalue weighted by Gasteiger charge is -2.28. The Morgan fingerprint density at radius 3 is 3.06 bits per heavy atom. The summed E-state index contributed by atoms with van der Waals surface area (Å²) in [6.07, 6.45) is 2.51. The van der Waals surface area contributed by atoms with Crippen LogP contribution in [0.2, 0.25) is 0 Å². The van der Waals surface area contributed by atoms with Gasteiger partial charge >= 0.3 is 0 Å². The first-order valence-electron chi connectivity index (χ1n) is 6.26. The predicted octanol–water partition coefficient (Wildman–Crippen LogP) is 2.72. The molecule has 0 spiro atoms. The summed E-state index contributed by atoms with van der Waals surface area (Å²) >= 11 is 1.93. The van der Waals surface area contributed by atoms with E-state index >= 15 is 0 Å². The van der Waals surface area contributed by atoms with Crippen molar-refractivity contribution in [2.24, 2.45) is 0 Å². The van der Waals surface area contributed by atoms with E-state index in [1.165, 1.54) is 28.2 Å². The van der Waals surface area contributed by atoms with Gasteiger partial charge in [0.05, 0.1) is 0 Å². The van der Waals surface area contributed by atoms with Crippen LogP contribution in [0.4, 0.5) is 0 Å². The summed E-state index contributed by atoms with van der Waals surface area (Å²) in [6, 6.07) is 7.22. The molecule has 0 aromatic heterocycles. The van der Waals surface area contributed by atoms with E-state index in [2.05, 4.69) is 30.4 Å². The maximum atomic E-state index is 11.6. The van der Waals surface area contributed by atoms with Gasteiger partial charge in [0, 0.05) is 35.6 Å². The van der Waals surface area contributed by atoms with Crippen molar-refractivity contribution in [2.45, 2.75) is 43.2 Å². The molecule has 0 amide bonds. The molecule has 3 heteroatoms. The molecular formula is C14H17NOS. The molecule has 2 nitrogen and oxygen atoms in total. The smallest absolute Gasteiger partial charge is 0.136 e. The average molecular weight is 247 g/mol. The molecule has 0 aliphatic carbocycles. The van der Waals surface area contributed by atoms with E-state index in [0.29, 0.717) is 24.7 Å². The summed E-state index contributed by atoms with van der Waals surface area (Å²) in [4.78, 5) is 13.1. The summed E-state index contributed by atoms with van der Waals surface area (Å²) in [5.41, 5.74) is 2.74. The van der Waals surface area contributed by atoms with Gasteiger partial charge in [0.15, 0.2) is 0 Å². The number of aryl methyl sites for hydroxylation is 1. The number of nitrogens with one attached hydrogen (secondary N) is 1. The molecule has 2 atom stereocenters. The van der Waals surface area contributed by atoms with Crippen LogP contribution in [0.5, 0.6) is 0 Å².